The molecule has 1 aliphatic rings. The number of hydrogen-bond donors (Lipinski definition) is 3. The smallest absolute Gasteiger partial charge is 0.371 e. The van der Waals surface area contributed by atoms with Crippen LogP contribution in [0.25, 0.3) is 0 Å². The summed E-state index contributed by atoms with van der Waals surface area (Å²) < 4.78 is 38.5. The Balaban J connectivity index is 1.54. The van der Waals surface area contributed by atoms with Crippen molar-refractivity contribution in [1.82, 2.24) is 16.0 Å². The Hall–Kier alpha value is -2.94. The Morgan fingerprint density at radius 3 is 2.24 bits per heavy atom. The lowest BCUT2D eigenvalue weighted by molar-refractivity contribution is -0.137. The van der Waals surface area contributed by atoms with Crippen LogP contribution in [0.2, 0.25) is 0 Å². The molecule has 0 heterocycles. The number of thiocarbonyl (C=S) groups is 1. The van der Waals surface area contributed by atoms with E-state index in [1.165, 1.54) is 6.07 Å². The Kier molecular flexibility index (Phi) is 8.07. The van der Waals surface area contributed by atoms with E-state index in [2.05, 4.69) is 16.0 Å². The third-order valence-electron chi connectivity index (χ3n) is 5.60. The first kappa shape index (κ1) is 24.7. The summed E-state index contributed by atoms with van der Waals surface area (Å²) in [6.07, 6.45) is -0.977. The molecule has 5 nitrogen and oxygen atoms in total. The van der Waals surface area contributed by atoms with E-state index in [9.17, 15) is 22.8 Å². The predicted molar refractivity (Wildman–Crippen MR) is 124 cm³/mol. The molecule has 0 radical (unpaired) electrons. The van der Waals surface area contributed by atoms with Crippen LogP contribution in [0.15, 0.2) is 48.5 Å². The first-order chi connectivity index (χ1) is 15.6. The first-order valence-corrected chi connectivity index (χ1v) is 11.2. The molecule has 0 aromatic heterocycles. The van der Waals surface area contributed by atoms with Crippen LogP contribution in [-0.4, -0.2) is 35.4 Å². The summed E-state index contributed by atoms with van der Waals surface area (Å²) in [5, 5.41) is 8.65. The summed E-state index contributed by atoms with van der Waals surface area (Å²) in [4.78, 5) is 25.3. The molecule has 1 fully saturated rings. The molecule has 3 N–H and O–H groups in total. The average molecular weight is 478 g/mol. The SMILES string of the molecule is Cc1ccc(C(=S)N[C@H]2CCCC[C@H]2NC(=O)CNC(=O)c2cccc(C(F)(F)F)c2)cc1. The molecule has 2 amide bonds. The fourth-order valence-corrected chi connectivity index (χ4v) is 4.08. The van der Waals surface area contributed by atoms with Gasteiger partial charge in [0.2, 0.25) is 5.91 Å². The molecule has 2 aromatic rings. The third kappa shape index (κ3) is 7.02. The monoisotopic (exact) mass is 477 g/mol. The van der Waals surface area contributed by atoms with Crippen molar-refractivity contribution in [3.63, 3.8) is 0 Å². The van der Waals surface area contributed by atoms with Gasteiger partial charge in [-0.25, -0.2) is 0 Å². The molecule has 0 bridgehead atoms. The van der Waals surface area contributed by atoms with Gasteiger partial charge in [0.05, 0.1) is 12.1 Å². The van der Waals surface area contributed by atoms with Gasteiger partial charge in [-0.15, -0.1) is 0 Å². The highest BCUT2D eigenvalue weighted by Crippen LogP contribution is 2.29. The van der Waals surface area contributed by atoms with E-state index < -0.39 is 23.6 Å². The summed E-state index contributed by atoms with van der Waals surface area (Å²) in [5.41, 5.74) is 0.967. The van der Waals surface area contributed by atoms with Crippen molar-refractivity contribution in [1.29, 1.82) is 0 Å². The highest BCUT2D eigenvalue weighted by atomic mass is 32.1. The molecule has 2 aromatic carbocycles. The quantitative estimate of drug-likeness (QED) is 0.547. The summed E-state index contributed by atoms with van der Waals surface area (Å²) in [6, 6.07) is 11.7. The van der Waals surface area contributed by atoms with Gasteiger partial charge in [0.15, 0.2) is 0 Å². The van der Waals surface area contributed by atoms with E-state index in [0.717, 1.165) is 55.0 Å². The number of carbonyl (C=O) groups is 2. The normalized spacial score (nSPS) is 18.3. The largest absolute Gasteiger partial charge is 0.416 e. The minimum Gasteiger partial charge on any atom is -0.371 e. The number of aryl methyl sites for hydroxylation is 1. The van der Waals surface area contributed by atoms with Gasteiger partial charge in [0, 0.05) is 23.2 Å². The molecule has 33 heavy (non-hydrogen) atoms. The van der Waals surface area contributed by atoms with E-state index in [1.54, 1.807) is 0 Å². The number of amides is 2. The number of rotatable bonds is 6. The number of nitrogens with one attached hydrogen (secondary N) is 3. The zero-order chi connectivity index (χ0) is 24.0. The maximum absolute atomic E-state index is 12.8. The second kappa shape index (κ2) is 10.8. The maximum atomic E-state index is 12.8. The van der Waals surface area contributed by atoms with Crippen molar-refractivity contribution in [2.45, 2.75) is 50.9 Å². The summed E-state index contributed by atoms with van der Waals surface area (Å²) in [6.45, 7) is 1.67. The van der Waals surface area contributed by atoms with Gasteiger partial charge in [0.1, 0.15) is 4.99 Å². The average Bonchev–Trinajstić information content (AvgIpc) is 2.78. The van der Waals surface area contributed by atoms with Crippen LogP contribution in [0.3, 0.4) is 0 Å². The van der Waals surface area contributed by atoms with Crippen LogP contribution in [0.4, 0.5) is 13.2 Å². The molecule has 1 saturated carbocycles. The van der Waals surface area contributed by atoms with Gasteiger partial charge in [-0.05, 0) is 38.0 Å². The molecular weight excluding hydrogens is 451 g/mol. The van der Waals surface area contributed by atoms with Crippen LogP contribution in [0.1, 0.15) is 52.7 Å². The Morgan fingerprint density at radius 2 is 1.61 bits per heavy atom. The molecule has 0 unspecified atom stereocenters. The van der Waals surface area contributed by atoms with Crippen molar-refractivity contribution >= 4 is 29.0 Å². The molecule has 2 atom stereocenters. The molecule has 0 aliphatic heterocycles. The fourth-order valence-electron chi connectivity index (χ4n) is 3.79. The van der Waals surface area contributed by atoms with Crippen molar-refractivity contribution in [3.05, 3.63) is 70.8 Å². The van der Waals surface area contributed by atoms with E-state index in [0.29, 0.717) is 4.99 Å². The molecule has 0 saturated heterocycles. The van der Waals surface area contributed by atoms with Gasteiger partial charge in [-0.1, -0.05) is 61.0 Å². The van der Waals surface area contributed by atoms with E-state index in [-0.39, 0.29) is 24.2 Å². The topological polar surface area (TPSA) is 70.2 Å². The Labute approximate surface area is 196 Å². The summed E-state index contributed by atoms with van der Waals surface area (Å²) >= 11 is 5.53. The van der Waals surface area contributed by atoms with E-state index in [4.69, 9.17) is 12.2 Å². The van der Waals surface area contributed by atoms with Gasteiger partial charge >= 0.3 is 6.18 Å². The van der Waals surface area contributed by atoms with Gasteiger partial charge < -0.3 is 16.0 Å². The lowest BCUT2D eigenvalue weighted by atomic mass is 9.90. The highest BCUT2D eigenvalue weighted by Gasteiger charge is 2.31. The zero-order valence-electron chi connectivity index (χ0n) is 18.2. The zero-order valence-corrected chi connectivity index (χ0v) is 19.0. The second-order valence-electron chi connectivity index (χ2n) is 8.17. The predicted octanol–water partition coefficient (Wildman–Crippen LogP) is 4.14. The van der Waals surface area contributed by atoms with Crippen LogP contribution in [0, 0.1) is 6.92 Å². The van der Waals surface area contributed by atoms with Gasteiger partial charge in [-0.3, -0.25) is 9.59 Å². The van der Waals surface area contributed by atoms with E-state index >= 15 is 0 Å². The fraction of sp³-hybridized carbons (Fsp3) is 0.375. The summed E-state index contributed by atoms with van der Waals surface area (Å²) in [5.74, 6) is -1.15. The molecule has 9 heteroatoms. The van der Waals surface area contributed by atoms with Crippen molar-refractivity contribution in [2.75, 3.05) is 6.54 Å². The van der Waals surface area contributed by atoms with Crippen molar-refractivity contribution < 1.29 is 22.8 Å². The Morgan fingerprint density at radius 1 is 0.970 bits per heavy atom. The van der Waals surface area contributed by atoms with Crippen LogP contribution >= 0.6 is 12.2 Å². The molecule has 0 spiro atoms. The molecule has 3 rings (SSSR count). The Bertz CT molecular complexity index is 1010. The lowest BCUT2D eigenvalue weighted by Crippen LogP contribution is -2.54. The number of hydrogen-bond acceptors (Lipinski definition) is 3. The van der Waals surface area contributed by atoms with Crippen LogP contribution in [0.5, 0.6) is 0 Å². The van der Waals surface area contributed by atoms with Gasteiger partial charge in [-0.2, -0.15) is 13.2 Å². The number of carbonyl (C=O) groups excluding carboxylic acids is 2. The highest BCUT2D eigenvalue weighted by molar-refractivity contribution is 7.80. The molecular formula is C24H26F3N3O2S. The third-order valence-corrected chi connectivity index (χ3v) is 5.96. The molecule has 1 aliphatic carbocycles. The minimum atomic E-state index is -4.55. The molecule has 176 valence electrons. The summed E-state index contributed by atoms with van der Waals surface area (Å²) in [7, 11) is 0. The van der Waals surface area contributed by atoms with Crippen LogP contribution < -0.4 is 16.0 Å². The number of benzene rings is 2. The standard InChI is InChI=1S/C24H26F3N3O2S/c1-15-9-11-16(12-10-15)23(33)30-20-8-3-2-7-19(20)29-21(31)14-28-22(32)17-5-4-6-18(13-17)24(25,26)27/h4-6,9-13,19-20H,2-3,7-8,14H2,1H3,(H,28,32)(H,29,31)(H,30,33)/t19-,20+/m1/s1. The number of halogens is 3. The first-order valence-electron chi connectivity index (χ1n) is 10.8. The van der Waals surface area contributed by atoms with E-state index in [1.807, 2.05) is 31.2 Å². The second-order valence-corrected chi connectivity index (χ2v) is 8.57. The lowest BCUT2D eigenvalue weighted by Gasteiger charge is -2.33. The van der Waals surface area contributed by atoms with Gasteiger partial charge in [0.25, 0.3) is 5.91 Å². The minimum absolute atomic E-state index is 0.0457. The van der Waals surface area contributed by atoms with Crippen molar-refractivity contribution in [3.8, 4) is 0 Å². The number of alkyl halides is 3. The van der Waals surface area contributed by atoms with Crippen LogP contribution in [-0.2, 0) is 11.0 Å². The van der Waals surface area contributed by atoms with Crippen molar-refractivity contribution in [2.24, 2.45) is 0 Å². The maximum Gasteiger partial charge on any atom is 0.416 e.